The van der Waals surface area contributed by atoms with Gasteiger partial charge in [-0.25, -0.2) is 9.59 Å². The Morgan fingerprint density at radius 2 is 1.86 bits per heavy atom. The number of carbonyl (C=O) groups is 4. The number of imide groups is 1. The first-order valence-electron chi connectivity index (χ1n) is 11.3. The summed E-state index contributed by atoms with van der Waals surface area (Å²) < 4.78 is 4.90. The number of rotatable bonds is 7. The second kappa shape index (κ2) is 9.50. The van der Waals surface area contributed by atoms with Crippen molar-refractivity contribution in [3.63, 3.8) is 0 Å². The summed E-state index contributed by atoms with van der Waals surface area (Å²) in [6.45, 7) is 5.20. The van der Waals surface area contributed by atoms with E-state index >= 15 is 0 Å². The fraction of sp³-hybridized carbons (Fsp3) is 0.308. The highest BCUT2D eigenvalue weighted by atomic mass is 32.1. The van der Waals surface area contributed by atoms with Crippen molar-refractivity contribution in [3.05, 3.63) is 64.5 Å². The van der Waals surface area contributed by atoms with Crippen molar-refractivity contribution in [1.29, 1.82) is 0 Å². The number of carbonyl (C=O) groups excluding carboxylic acids is 4. The Morgan fingerprint density at radius 1 is 1.14 bits per heavy atom. The summed E-state index contributed by atoms with van der Waals surface area (Å²) in [4.78, 5) is 52.1. The maximum atomic E-state index is 13.3. The Labute approximate surface area is 207 Å². The van der Waals surface area contributed by atoms with Gasteiger partial charge in [-0.15, -0.1) is 11.3 Å². The maximum Gasteiger partial charge on any atom is 0.341 e. The average Bonchev–Trinajstić information content (AvgIpc) is 3.31. The lowest BCUT2D eigenvalue weighted by atomic mass is 9.90. The highest BCUT2D eigenvalue weighted by Gasteiger charge is 2.49. The van der Waals surface area contributed by atoms with Crippen LogP contribution in [0.25, 0.3) is 10.8 Å². The van der Waals surface area contributed by atoms with E-state index in [4.69, 9.17) is 4.74 Å². The first-order valence-corrected chi connectivity index (χ1v) is 12.1. The first-order chi connectivity index (χ1) is 16.6. The molecule has 1 atom stereocenters. The monoisotopic (exact) mass is 493 g/mol. The van der Waals surface area contributed by atoms with Gasteiger partial charge in [-0.2, -0.15) is 0 Å². The van der Waals surface area contributed by atoms with E-state index in [1.165, 1.54) is 18.4 Å². The maximum absolute atomic E-state index is 13.3. The van der Waals surface area contributed by atoms with Gasteiger partial charge in [0, 0.05) is 0 Å². The van der Waals surface area contributed by atoms with E-state index < -0.39 is 35.9 Å². The van der Waals surface area contributed by atoms with Gasteiger partial charge in [0.25, 0.3) is 5.91 Å². The van der Waals surface area contributed by atoms with E-state index in [1.54, 1.807) is 13.0 Å². The molecule has 3 aromatic rings. The Balaban J connectivity index is 1.53. The molecule has 0 aliphatic carbocycles. The molecule has 1 aliphatic heterocycles. The third-order valence-corrected chi connectivity index (χ3v) is 6.99. The van der Waals surface area contributed by atoms with E-state index in [0.29, 0.717) is 28.5 Å². The molecule has 9 heteroatoms. The molecule has 1 aliphatic rings. The van der Waals surface area contributed by atoms with Gasteiger partial charge in [0.1, 0.15) is 17.1 Å². The van der Waals surface area contributed by atoms with Crippen molar-refractivity contribution in [3.8, 4) is 0 Å². The summed E-state index contributed by atoms with van der Waals surface area (Å²) in [6.07, 6.45) is 0.647. The molecule has 1 unspecified atom stereocenters. The molecule has 182 valence electrons. The quantitative estimate of drug-likeness (QED) is 0.377. The van der Waals surface area contributed by atoms with Crippen molar-refractivity contribution in [2.75, 3.05) is 19.0 Å². The van der Waals surface area contributed by atoms with E-state index in [-0.39, 0.29) is 0 Å². The Kier molecular flexibility index (Phi) is 6.62. The van der Waals surface area contributed by atoms with Crippen LogP contribution in [-0.2, 0) is 26.3 Å². The molecule has 2 heterocycles. The largest absolute Gasteiger partial charge is 0.465 e. The molecule has 2 N–H and O–H groups in total. The number of nitrogens with one attached hydrogen (secondary N) is 2. The Bertz CT molecular complexity index is 1330. The summed E-state index contributed by atoms with van der Waals surface area (Å²) in [5.41, 5.74) is 0.414. The summed E-state index contributed by atoms with van der Waals surface area (Å²) in [7, 11) is 1.28. The molecule has 8 nitrogen and oxygen atoms in total. The number of anilines is 1. The lowest BCUT2D eigenvalue weighted by molar-refractivity contribution is -0.133. The zero-order valence-electron chi connectivity index (χ0n) is 20.0. The van der Waals surface area contributed by atoms with Gasteiger partial charge in [0.15, 0.2) is 0 Å². The number of ether oxygens (including phenoxy) is 1. The van der Waals surface area contributed by atoms with Crippen LogP contribution in [0.1, 0.15) is 42.3 Å². The van der Waals surface area contributed by atoms with Crippen LogP contribution in [0.4, 0.5) is 9.80 Å². The molecule has 2 aromatic carbocycles. The number of urea groups is 1. The van der Waals surface area contributed by atoms with Crippen LogP contribution in [-0.4, -0.2) is 42.4 Å². The first kappa shape index (κ1) is 24.4. The van der Waals surface area contributed by atoms with Gasteiger partial charge in [-0.3, -0.25) is 14.5 Å². The molecule has 4 amide bonds. The number of thiophene rings is 1. The van der Waals surface area contributed by atoms with Crippen LogP contribution in [0.15, 0.2) is 47.8 Å². The van der Waals surface area contributed by atoms with Crippen molar-refractivity contribution >= 4 is 50.9 Å². The Morgan fingerprint density at radius 3 is 2.54 bits per heavy atom. The number of benzene rings is 2. The molecule has 1 saturated heterocycles. The van der Waals surface area contributed by atoms with Crippen LogP contribution in [0.5, 0.6) is 0 Å². The predicted octanol–water partition coefficient (Wildman–Crippen LogP) is 4.29. The van der Waals surface area contributed by atoms with Gasteiger partial charge in [0.2, 0.25) is 5.91 Å². The van der Waals surface area contributed by atoms with Gasteiger partial charge in [0.05, 0.1) is 12.7 Å². The van der Waals surface area contributed by atoms with Gasteiger partial charge in [-0.05, 0) is 52.6 Å². The predicted molar refractivity (Wildman–Crippen MR) is 134 cm³/mol. The molecule has 1 aromatic heterocycles. The fourth-order valence-electron chi connectivity index (χ4n) is 4.25. The van der Waals surface area contributed by atoms with E-state index in [0.717, 1.165) is 21.2 Å². The number of hydrogen-bond acceptors (Lipinski definition) is 6. The minimum atomic E-state index is -1.30. The summed E-state index contributed by atoms with van der Waals surface area (Å²) >= 11 is 1.21. The van der Waals surface area contributed by atoms with E-state index in [2.05, 4.69) is 10.6 Å². The van der Waals surface area contributed by atoms with E-state index in [1.807, 2.05) is 55.6 Å². The molecule has 35 heavy (non-hydrogen) atoms. The third kappa shape index (κ3) is 4.64. The van der Waals surface area contributed by atoms with Crippen LogP contribution >= 0.6 is 11.3 Å². The van der Waals surface area contributed by atoms with Crippen molar-refractivity contribution in [1.82, 2.24) is 10.2 Å². The normalized spacial score (nSPS) is 17.7. The van der Waals surface area contributed by atoms with Crippen LogP contribution in [0.2, 0.25) is 0 Å². The van der Waals surface area contributed by atoms with E-state index in [9.17, 15) is 19.2 Å². The second-order valence-electron chi connectivity index (χ2n) is 9.11. The highest BCUT2D eigenvalue weighted by molar-refractivity contribution is 7.15. The molecule has 0 radical (unpaired) electrons. The molecule has 0 bridgehead atoms. The fourth-order valence-corrected chi connectivity index (χ4v) is 5.23. The SMILES string of the molecule is COC(=O)c1c(CC(C)C)csc1NC(=O)CN1C(=O)NC(C)(c2ccc3ccccc3c2)C1=O. The van der Waals surface area contributed by atoms with Gasteiger partial charge < -0.3 is 15.4 Å². The van der Waals surface area contributed by atoms with Crippen molar-refractivity contribution in [2.24, 2.45) is 5.92 Å². The van der Waals surface area contributed by atoms with Crippen LogP contribution in [0, 0.1) is 5.92 Å². The lowest BCUT2D eigenvalue weighted by Crippen LogP contribution is -2.42. The molecular weight excluding hydrogens is 466 g/mol. The zero-order chi connectivity index (χ0) is 25.3. The topological polar surface area (TPSA) is 105 Å². The molecule has 4 rings (SSSR count). The standard InChI is InChI=1S/C26H27N3O5S/c1-15(2)11-18-14-35-22(21(18)23(31)34-4)27-20(30)13-29-24(32)26(3,28-25(29)33)19-10-9-16-7-5-6-8-17(16)12-19/h5-10,12,14-15H,11,13H2,1-4H3,(H,27,30)(H,28,33). The van der Waals surface area contributed by atoms with Gasteiger partial charge >= 0.3 is 12.0 Å². The zero-order valence-corrected chi connectivity index (χ0v) is 20.8. The number of amides is 4. The number of hydrogen-bond donors (Lipinski definition) is 2. The smallest absolute Gasteiger partial charge is 0.341 e. The summed E-state index contributed by atoms with van der Waals surface area (Å²) in [5, 5.41) is 9.52. The average molecular weight is 494 g/mol. The second-order valence-corrected chi connectivity index (χ2v) is 9.99. The number of nitrogens with zero attached hydrogens (tertiary/aromatic N) is 1. The Hall–Kier alpha value is -3.72. The number of methoxy groups -OCH3 is 1. The van der Waals surface area contributed by atoms with Crippen LogP contribution < -0.4 is 10.6 Å². The molecule has 0 saturated carbocycles. The van der Waals surface area contributed by atoms with Crippen LogP contribution in [0.3, 0.4) is 0 Å². The molecule has 1 fully saturated rings. The summed E-state index contributed by atoms with van der Waals surface area (Å²) in [5.74, 6) is -1.35. The van der Waals surface area contributed by atoms with Crippen molar-refractivity contribution in [2.45, 2.75) is 32.7 Å². The number of esters is 1. The third-order valence-electron chi connectivity index (χ3n) is 6.04. The minimum absolute atomic E-state index is 0.301. The lowest BCUT2D eigenvalue weighted by Gasteiger charge is -2.22. The van der Waals surface area contributed by atoms with Crippen molar-refractivity contribution < 1.29 is 23.9 Å². The van der Waals surface area contributed by atoms with Gasteiger partial charge in [-0.1, -0.05) is 50.2 Å². The molecule has 0 spiro atoms. The number of fused-ring (bicyclic) bond motifs is 1. The highest BCUT2D eigenvalue weighted by Crippen LogP contribution is 2.33. The summed E-state index contributed by atoms with van der Waals surface area (Å²) in [6, 6.07) is 12.6. The minimum Gasteiger partial charge on any atom is -0.465 e. The molecular formula is C26H27N3O5S.